The van der Waals surface area contributed by atoms with Crippen molar-refractivity contribution in [2.75, 3.05) is 31.7 Å². The zero-order chi connectivity index (χ0) is 22.6. The minimum absolute atomic E-state index is 0.0443. The molecule has 2 rings (SSSR count). The summed E-state index contributed by atoms with van der Waals surface area (Å²) in [6.07, 6.45) is -0.490. The van der Waals surface area contributed by atoms with Crippen molar-refractivity contribution >= 4 is 28.9 Å². The maximum Gasteiger partial charge on any atom is 0.508 e. The Morgan fingerprint density at radius 1 is 1.16 bits per heavy atom. The fraction of sp³-hybridized carbons (Fsp3) is 0.250. The Hall–Kier alpha value is -4.51. The zero-order valence-corrected chi connectivity index (χ0v) is 16.6. The molecular weight excluding hydrogens is 404 g/mol. The third-order valence-corrected chi connectivity index (χ3v) is 4.04. The van der Waals surface area contributed by atoms with Crippen LogP contribution in [0.3, 0.4) is 0 Å². The Morgan fingerprint density at radius 2 is 1.90 bits per heavy atom. The van der Waals surface area contributed by atoms with Crippen LogP contribution >= 0.6 is 0 Å². The van der Waals surface area contributed by atoms with Crippen molar-refractivity contribution in [3.05, 3.63) is 58.1 Å². The van der Waals surface area contributed by atoms with E-state index in [0.29, 0.717) is 18.8 Å². The number of hydrogen-bond acceptors (Lipinski definition) is 10. The molecule has 0 radical (unpaired) electrons. The molecule has 2 aromatic rings. The summed E-state index contributed by atoms with van der Waals surface area (Å²) < 4.78 is 9.32. The van der Waals surface area contributed by atoms with Gasteiger partial charge in [-0.3, -0.25) is 10.1 Å². The molecule has 0 saturated carbocycles. The molecule has 0 unspecified atom stereocenters. The highest BCUT2D eigenvalue weighted by molar-refractivity contribution is 5.60. The first-order valence-electron chi connectivity index (χ1n) is 9.01. The number of nitriles is 2. The second-order valence-electron chi connectivity index (χ2n) is 5.98. The van der Waals surface area contributed by atoms with Crippen molar-refractivity contribution in [2.45, 2.75) is 6.42 Å². The smallest absolute Gasteiger partial charge is 0.438 e. The number of nitro groups is 1. The zero-order valence-electron chi connectivity index (χ0n) is 16.6. The molecule has 0 aliphatic heterocycles. The fourth-order valence-corrected chi connectivity index (χ4v) is 2.51. The van der Waals surface area contributed by atoms with E-state index in [1.165, 1.54) is 19.2 Å². The van der Waals surface area contributed by atoms with E-state index < -0.39 is 11.1 Å². The third-order valence-electron chi connectivity index (χ3n) is 4.04. The summed E-state index contributed by atoms with van der Waals surface area (Å²) in [6, 6.07) is 14.6. The Kier molecular flexibility index (Phi) is 8.44. The standard InChI is InChI=1S/C20H18N6O5/c1-30-20(27)31-12-11-25(10-2-9-21)17-5-3-16(4-6-17)23-24-19-8-7-18(26(28)29)13-15(19)14-22/h3-8,13H,2,10-12H2,1H3. The molecule has 0 aromatic heterocycles. The molecule has 0 N–H and O–H groups in total. The predicted octanol–water partition coefficient (Wildman–Crippen LogP) is 4.38. The Bertz CT molecular complexity index is 1040. The number of nitrogens with zero attached hydrogens (tertiary/aromatic N) is 6. The number of carbonyl (C=O) groups excluding carboxylic acids is 1. The molecule has 0 atom stereocenters. The maximum atomic E-state index is 11.1. The molecule has 0 aliphatic carbocycles. The van der Waals surface area contributed by atoms with Crippen LogP contribution in [0.4, 0.5) is 27.5 Å². The number of hydrogen-bond donors (Lipinski definition) is 0. The van der Waals surface area contributed by atoms with Gasteiger partial charge >= 0.3 is 6.16 Å². The summed E-state index contributed by atoms with van der Waals surface area (Å²) in [5.74, 6) is 0. The minimum Gasteiger partial charge on any atom is -0.438 e. The Morgan fingerprint density at radius 3 is 2.52 bits per heavy atom. The third kappa shape index (κ3) is 6.80. The lowest BCUT2D eigenvalue weighted by atomic mass is 10.2. The van der Waals surface area contributed by atoms with Crippen LogP contribution in [0.25, 0.3) is 0 Å². The lowest BCUT2D eigenvalue weighted by Crippen LogP contribution is -2.29. The van der Waals surface area contributed by atoms with Gasteiger partial charge in [0.05, 0.1) is 42.3 Å². The van der Waals surface area contributed by atoms with Crippen LogP contribution in [0.5, 0.6) is 0 Å². The van der Waals surface area contributed by atoms with Crippen LogP contribution in [0, 0.1) is 32.8 Å². The van der Waals surface area contributed by atoms with Crippen LogP contribution in [0.2, 0.25) is 0 Å². The van der Waals surface area contributed by atoms with Gasteiger partial charge in [-0.25, -0.2) is 4.79 Å². The van der Waals surface area contributed by atoms with Crippen LogP contribution in [-0.4, -0.2) is 37.9 Å². The van der Waals surface area contributed by atoms with Gasteiger partial charge in [-0.15, -0.1) is 5.11 Å². The van der Waals surface area contributed by atoms with E-state index in [-0.39, 0.29) is 30.0 Å². The Labute approximate surface area is 177 Å². The molecular formula is C20H18N6O5. The summed E-state index contributed by atoms with van der Waals surface area (Å²) >= 11 is 0. The van der Waals surface area contributed by atoms with Crippen molar-refractivity contribution in [1.82, 2.24) is 0 Å². The van der Waals surface area contributed by atoms with Crippen molar-refractivity contribution in [3.8, 4) is 12.1 Å². The first kappa shape index (κ1) is 22.8. The SMILES string of the molecule is COC(=O)OCCN(CCC#N)c1ccc(N=Nc2ccc([N+](=O)[O-])cc2C#N)cc1. The van der Waals surface area contributed by atoms with Gasteiger partial charge in [-0.1, -0.05) is 0 Å². The van der Waals surface area contributed by atoms with Gasteiger partial charge in [0.1, 0.15) is 18.4 Å². The molecule has 2 aromatic carbocycles. The summed E-state index contributed by atoms with van der Waals surface area (Å²) in [4.78, 5) is 23.2. The van der Waals surface area contributed by atoms with E-state index in [1.54, 1.807) is 24.3 Å². The molecule has 158 valence electrons. The lowest BCUT2D eigenvalue weighted by molar-refractivity contribution is -0.384. The number of methoxy groups -OCH3 is 1. The van der Waals surface area contributed by atoms with E-state index in [2.05, 4.69) is 21.0 Å². The molecule has 11 heteroatoms. The first-order chi connectivity index (χ1) is 15.0. The van der Waals surface area contributed by atoms with Gasteiger partial charge in [0.2, 0.25) is 0 Å². The number of nitro benzene ring substituents is 1. The number of benzene rings is 2. The number of non-ortho nitro benzene ring substituents is 1. The molecule has 0 heterocycles. The summed E-state index contributed by atoms with van der Waals surface area (Å²) in [6.45, 7) is 0.902. The van der Waals surface area contributed by atoms with E-state index in [4.69, 9.17) is 15.3 Å². The molecule has 0 spiro atoms. The van der Waals surface area contributed by atoms with Gasteiger partial charge in [-0.05, 0) is 30.3 Å². The lowest BCUT2D eigenvalue weighted by Gasteiger charge is -2.23. The second-order valence-corrected chi connectivity index (χ2v) is 5.98. The monoisotopic (exact) mass is 422 g/mol. The first-order valence-corrected chi connectivity index (χ1v) is 9.01. The molecule has 0 aliphatic rings. The topological polar surface area (TPSA) is 154 Å². The summed E-state index contributed by atoms with van der Waals surface area (Å²) in [5, 5.41) is 36.9. The molecule has 0 bridgehead atoms. The predicted molar refractivity (Wildman–Crippen MR) is 109 cm³/mol. The molecule has 31 heavy (non-hydrogen) atoms. The number of azo groups is 1. The van der Waals surface area contributed by atoms with Crippen LogP contribution in [0.15, 0.2) is 52.7 Å². The highest BCUT2D eigenvalue weighted by Crippen LogP contribution is 2.27. The van der Waals surface area contributed by atoms with Crippen LogP contribution in [0.1, 0.15) is 12.0 Å². The summed E-state index contributed by atoms with van der Waals surface area (Å²) in [7, 11) is 1.22. The van der Waals surface area contributed by atoms with Crippen molar-refractivity contribution < 1.29 is 19.2 Å². The van der Waals surface area contributed by atoms with Gasteiger partial charge in [0, 0.05) is 24.4 Å². The maximum absolute atomic E-state index is 11.1. The largest absolute Gasteiger partial charge is 0.508 e. The Balaban J connectivity index is 2.12. The number of rotatable bonds is 9. The van der Waals surface area contributed by atoms with Gasteiger partial charge in [0.25, 0.3) is 5.69 Å². The fourth-order valence-electron chi connectivity index (χ4n) is 2.51. The number of ether oxygens (including phenoxy) is 2. The minimum atomic E-state index is -0.779. The molecule has 11 nitrogen and oxygen atoms in total. The van der Waals surface area contributed by atoms with E-state index in [0.717, 1.165) is 11.8 Å². The van der Waals surface area contributed by atoms with E-state index in [9.17, 15) is 14.9 Å². The highest BCUT2D eigenvalue weighted by atomic mass is 16.7. The number of carbonyl (C=O) groups is 1. The highest BCUT2D eigenvalue weighted by Gasteiger charge is 2.11. The van der Waals surface area contributed by atoms with Crippen molar-refractivity contribution in [1.29, 1.82) is 10.5 Å². The molecule has 0 saturated heterocycles. The van der Waals surface area contributed by atoms with Crippen LogP contribution < -0.4 is 4.90 Å². The van der Waals surface area contributed by atoms with Crippen LogP contribution in [-0.2, 0) is 9.47 Å². The van der Waals surface area contributed by atoms with E-state index in [1.807, 2.05) is 11.0 Å². The molecule has 0 amide bonds. The summed E-state index contributed by atoms with van der Waals surface area (Å²) in [5.41, 5.74) is 1.34. The quantitative estimate of drug-likeness (QED) is 0.249. The van der Waals surface area contributed by atoms with Gasteiger partial charge < -0.3 is 14.4 Å². The average molecular weight is 422 g/mol. The normalized spacial score (nSPS) is 10.2. The number of anilines is 1. The average Bonchev–Trinajstić information content (AvgIpc) is 2.79. The van der Waals surface area contributed by atoms with Gasteiger partial charge in [0.15, 0.2) is 0 Å². The van der Waals surface area contributed by atoms with Crippen molar-refractivity contribution in [2.24, 2.45) is 10.2 Å². The molecule has 0 fully saturated rings. The van der Waals surface area contributed by atoms with E-state index >= 15 is 0 Å². The van der Waals surface area contributed by atoms with Gasteiger partial charge in [-0.2, -0.15) is 15.6 Å². The van der Waals surface area contributed by atoms with Crippen molar-refractivity contribution in [3.63, 3.8) is 0 Å². The second kappa shape index (κ2) is 11.5.